The van der Waals surface area contributed by atoms with Crippen LogP contribution in [0.5, 0.6) is 0 Å². The molecule has 2 aromatic carbocycles. The Balaban J connectivity index is 1.66. The standard InChI is InChI=1S/C21H24ClFN2O2/c1-14-11-25(12-15(2)27-14)13-17-6-4-3-5-16(17)10-24-21(26)19-8-7-18(23)9-20(19)22/h3-9,14-15H,10-13H2,1-2H3,(H,24,26). The van der Waals surface area contributed by atoms with E-state index in [4.69, 9.17) is 16.3 Å². The Morgan fingerprint density at radius 3 is 2.52 bits per heavy atom. The topological polar surface area (TPSA) is 41.6 Å². The third-order valence-electron chi connectivity index (χ3n) is 4.62. The van der Waals surface area contributed by atoms with Crippen molar-refractivity contribution in [3.05, 3.63) is 70.0 Å². The van der Waals surface area contributed by atoms with Crippen LogP contribution in [-0.4, -0.2) is 36.1 Å². The van der Waals surface area contributed by atoms with Gasteiger partial charge in [-0.3, -0.25) is 9.69 Å². The van der Waals surface area contributed by atoms with Gasteiger partial charge in [-0.05, 0) is 43.2 Å². The summed E-state index contributed by atoms with van der Waals surface area (Å²) in [5.74, 6) is -0.778. The molecule has 2 aromatic rings. The van der Waals surface area contributed by atoms with E-state index in [1.165, 1.54) is 17.7 Å². The molecular weight excluding hydrogens is 367 g/mol. The minimum Gasteiger partial charge on any atom is -0.373 e. The predicted octanol–water partition coefficient (Wildman–Crippen LogP) is 4.02. The van der Waals surface area contributed by atoms with Crippen molar-refractivity contribution >= 4 is 17.5 Å². The molecule has 3 rings (SSSR count). The summed E-state index contributed by atoms with van der Waals surface area (Å²) in [5, 5.41) is 2.99. The Kier molecular flexibility index (Phi) is 6.47. The number of amides is 1. The van der Waals surface area contributed by atoms with E-state index in [0.29, 0.717) is 6.54 Å². The molecule has 4 nitrogen and oxygen atoms in total. The molecule has 0 spiro atoms. The first-order chi connectivity index (χ1) is 12.9. The van der Waals surface area contributed by atoms with E-state index in [2.05, 4.69) is 30.1 Å². The first-order valence-electron chi connectivity index (χ1n) is 9.10. The molecule has 1 fully saturated rings. The zero-order valence-electron chi connectivity index (χ0n) is 15.5. The van der Waals surface area contributed by atoms with Gasteiger partial charge in [0.15, 0.2) is 0 Å². The van der Waals surface area contributed by atoms with Crippen LogP contribution in [0.15, 0.2) is 42.5 Å². The number of ether oxygens (including phenoxy) is 1. The second-order valence-electron chi connectivity index (χ2n) is 7.03. The van der Waals surface area contributed by atoms with Gasteiger partial charge in [-0.2, -0.15) is 0 Å². The lowest BCUT2D eigenvalue weighted by Gasteiger charge is -2.35. The first kappa shape index (κ1) is 19.8. The molecule has 0 saturated carbocycles. The van der Waals surface area contributed by atoms with E-state index in [9.17, 15) is 9.18 Å². The largest absolute Gasteiger partial charge is 0.373 e. The lowest BCUT2D eigenvalue weighted by atomic mass is 10.1. The second-order valence-corrected chi connectivity index (χ2v) is 7.43. The Labute approximate surface area is 164 Å². The fourth-order valence-corrected chi connectivity index (χ4v) is 3.74. The Morgan fingerprint density at radius 2 is 1.85 bits per heavy atom. The number of hydrogen-bond acceptors (Lipinski definition) is 3. The van der Waals surface area contributed by atoms with Gasteiger partial charge in [0.25, 0.3) is 5.91 Å². The highest BCUT2D eigenvalue weighted by molar-refractivity contribution is 6.33. The Morgan fingerprint density at radius 1 is 1.19 bits per heavy atom. The van der Waals surface area contributed by atoms with Crippen molar-refractivity contribution < 1.29 is 13.9 Å². The number of morpholine rings is 1. The predicted molar refractivity (Wildman–Crippen MR) is 104 cm³/mol. The van der Waals surface area contributed by atoms with Gasteiger partial charge in [0.2, 0.25) is 0 Å². The SMILES string of the molecule is CC1CN(Cc2ccccc2CNC(=O)c2ccc(F)cc2Cl)CC(C)O1. The van der Waals surface area contributed by atoms with Crippen molar-refractivity contribution in [2.45, 2.75) is 39.1 Å². The zero-order chi connectivity index (χ0) is 19.4. The summed E-state index contributed by atoms with van der Waals surface area (Å²) < 4.78 is 19.0. The molecule has 2 atom stereocenters. The molecule has 0 aromatic heterocycles. The van der Waals surface area contributed by atoms with Crippen LogP contribution in [0.4, 0.5) is 4.39 Å². The van der Waals surface area contributed by atoms with Gasteiger partial charge in [-0.15, -0.1) is 0 Å². The van der Waals surface area contributed by atoms with E-state index in [1.807, 2.05) is 18.2 Å². The zero-order valence-corrected chi connectivity index (χ0v) is 16.3. The number of nitrogens with one attached hydrogen (secondary N) is 1. The molecule has 1 N–H and O–H groups in total. The van der Waals surface area contributed by atoms with E-state index in [0.717, 1.165) is 31.3 Å². The van der Waals surface area contributed by atoms with Gasteiger partial charge in [0.05, 0.1) is 22.8 Å². The maximum Gasteiger partial charge on any atom is 0.253 e. The van der Waals surface area contributed by atoms with E-state index < -0.39 is 5.82 Å². The third-order valence-corrected chi connectivity index (χ3v) is 4.94. The van der Waals surface area contributed by atoms with Gasteiger partial charge in [0, 0.05) is 26.2 Å². The second kappa shape index (κ2) is 8.83. The maximum atomic E-state index is 13.2. The lowest BCUT2D eigenvalue weighted by Crippen LogP contribution is -2.45. The molecule has 1 aliphatic rings. The van der Waals surface area contributed by atoms with E-state index >= 15 is 0 Å². The van der Waals surface area contributed by atoms with E-state index in [1.54, 1.807) is 0 Å². The summed E-state index contributed by atoms with van der Waals surface area (Å²) in [6.07, 6.45) is 0.419. The minimum absolute atomic E-state index is 0.108. The van der Waals surface area contributed by atoms with Crippen molar-refractivity contribution in [3.63, 3.8) is 0 Å². The number of hydrogen-bond donors (Lipinski definition) is 1. The van der Waals surface area contributed by atoms with Crippen molar-refractivity contribution in [1.82, 2.24) is 10.2 Å². The highest BCUT2D eigenvalue weighted by atomic mass is 35.5. The highest BCUT2D eigenvalue weighted by Gasteiger charge is 2.22. The van der Waals surface area contributed by atoms with Crippen LogP contribution in [-0.2, 0) is 17.8 Å². The van der Waals surface area contributed by atoms with Crippen LogP contribution in [0.25, 0.3) is 0 Å². The van der Waals surface area contributed by atoms with E-state index in [-0.39, 0.29) is 28.7 Å². The van der Waals surface area contributed by atoms with Crippen LogP contribution in [0.2, 0.25) is 5.02 Å². The number of benzene rings is 2. The summed E-state index contributed by atoms with van der Waals surface area (Å²) in [6.45, 7) is 7.13. The Bertz CT molecular complexity index is 805. The van der Waals surface area contributed by atoms with Gasteiger partial charge in [-0.1, -0.05) is 35.9 Å². The average molecular weight is 391 g/mol. The molecule has 1 amide bonds. The summed E-state index contributed by atoms with van der Waals surface area (Å²) in [5.41, 5.74) is 2.49. The number of rotatable bonds is 5. The first-order valence-corrected chi connectivity index (χ1v) is 9.48. The van der Waals surface area contributed by atoms with Crippen LogP contribution >= 0.6 is 11.6 Å². The molecular formula is C21H24ClFN2O2. The average Bonchev–Trinajstić information content (AvgIpc) is 2.60. The quantitative estimate of drug-likeness (QED) is 0.838. The molecule has 0 bridgehead atoms. The molecule has 27 heavy (non-hydrogen) atoms. The number of carbonyl (C=O) groups excluding carboxylic acids is 1. The smallest absolute Gasteiger partial charge is 0.253 e. The summed E-state index contributed by atoms with van der Waals surface area (Å²) >= 11 is 5.97. The molecule has 6 heteroatoms. The molecule has 0 aliphatic carbocycles. The fraction of sp³-hybridized carbons (Fsp3) is 0.381. The van der Waals surface area contributed by atoms with Crippen LogP contribution in [0.1, 0.15) is 35.3 Å². The van der Waals surface area contributed by atoms with Crippen molar-refractivity contribution in [2.75, 3.05) is 13.1 Å². The summed E-state index contributed by atoms with van der Waals surface area (Å²) in [7, 11) is 0. The van der Waals surface area contributed by atoms with Crippen molar-refractivity contribution in [2.24, 2.45) is 0 Å². The molecule has 2 unspecified atom stereocenters. The maximum absolute atomic E-state index is 13.2. The molecule has 1 saturated heterocycles. The number of carbonyl (C=O) groups is 1. The lowest BCUT2D eigenvalue weighted by molar-refractivity contribution is -0.0705. The monoisotopic (exact) mass is 390 g/mol. The van der Waals surface area contributed by atoms with Gasteiger partial charge >= 0.3 is 0 Å². The summed E-state index contributed by atoms with van der Waals surface area (Å²) in [4.78, 5) is 14.8. The van der Waals surface area contributed by atoms with Crippen molar-refractivity contribution in [1.29, 1.82) is 0 Å². The highest BCUT2D eigenvalue weighted by Crippen LogP contribution is 2.19. The van der Waals surface area contributed by atoms with Gasteiger partial charge < -0.3 is 10.1 Å². The number of nitrogens with zero attached hydrogens (tertiary/aromatic N) is 1. The van der Waals surface area contributed by atoms with Crippen molar-refractivity contribution in [3.8, 4) is 0 Å². The molecule has 144 valence electrons. The van der Waals surface area contributed by atoms with Gasteiger partial charge in [-0.25, -0.2) is 4.39 Å². The normalized spacial score (nSPS) is 20.4. The minimum atomic E-state index is -0.462. The molecule has 0 radical (unpaired) electrons. The van der Waals surface area contributed by atoms with Gasteiger partial charge in [0.1, 0.15) is 5.82 Å². The fourth-order valence-electron chi connectivity index (χ4n) is 3.48. The summed E-state index contributed by atoms with van der Waals surface area (Å²) in [6, 6.07) is 11.8. The molecule has 1 heterocycles. The van der Waals surface area contributed by atoms with Crippen LogP contribution < -0.4 is 5.32 Å². The van der Waals surface area contributed by atoms with Crippen LogP contribution in [0.3, 0.4) is 0 Å². The Hall–Kier alpha value is -1.95. The molecule has 1 aliphatic heterocycles. The van der Waals surface area contributed by atoms with Crippen LogP contribution in [0, 0.1) is 5.82 Å². The third kappa shape index (κ3) is 5.28. The number of halogens is 2.